The fraction of sp³-hybridized carbons (Fsp3) is 0.250. The topological polar surface area (TPSA) is 34.1 Å². The fourth-order valence-corrected chi connectivity index (χ4v) is 4.40. The number of rotatable bonds is 1. The Morgan fingerprint density at radius 1 is 0.700 bits per heavy atom. The van der Waals surface area contributed by atoms with Crippen LogP contribution < -0.4 is 0 Å². The van der Waals surface area contributed by atoms with Gasteiger partial charge < -0.3 is 0 Å². The minimum atomic E-state index is -3.24. The summed E-state index contributed by atoms with van der Waals surface area (Å²) < 4.78 is 23.1. The second-order valence-corrected chi connectivity index (χ2v) is 8.56. The van der Waals surface area contributed by atoms with Crippen molar-refractivity contribution in [2.24, 2.45) is 0 Å². The highest BCUT2D eigenvalue weighted by molar-refractivity contribution is 14.2. The van der Waals surface area contributed by atoms with Crippen LogP contribution in [0.5, 0.6) is 0 Å². The van der Waals surface area contributed by atoms with Crippen molar-refractivity contribution in [2.45, 2.75) is 27.7 Å². The van der Waals surface area contributed by atoms with Crippen LogP contribution in [0.15, 0.2) is 36.4 Å². The standard InChI is InChI=1S/C8H9IO2.C8H9I/c1-6-3-7(2)5-8(4-6)9(10)11;1-6-3-7(2)5-8(9)4-6/h3-5H,1-2H3;3-5H,1-2H3. The second-order valence-electron chi connectivity index (χ2n) is 4.83. The molecular formula is C16H18I2O2. The molecule has 0 heterocycles. The molecule has 0 N–H and O–H groups in total. The molecule has 0 aliphatic carbocycles. The zero-order valence-corrected chi connectivity index (χ0v) is 16.4. The summed E-state index contributed by atoms with van der Waals surface area (Å²) in [6.07, 6.45) is 0. The second kappa shape index (κ2) is 8.07. The fourth-order valence-electron chi connectivity index (χ4n) is 1.93. The first-order chi connectivity index (χ1) is 9.27. The van der Waals surface area contributed by atoms with Gasteiger partial charge in [-0.25, -0.2) is 6.14 Å². The van der Waals surface area contributed by atoms with E-state index in [2.05, 4.69) is 54.6 Å². The van der Waals surface area contributed by atoms with E-state index < -0.39 is 19.8 Å². The molecule has 0 aromatic heterocycles. The quantitative estimate of drug-likeness (QED) is 0.484. The van der Waals surface area contributed by atoms with E-state index in [1.165, 1.54) is 14.7 Å². The molecule has 0 atom stereocenters. The first-order valence-corrected chi connectivity index (χ1v) is 10.1. The molecule has 20 heavy (non-hydrogen) atoms. The molecule has 2 aromatic carbocycles. The largest absolute Gasteiger partial charge is 0.340 e. The van der Waals surface area contributed by atoms with E-state index in [4.69, 9.17) is 0 Å². The Kier molecular flexibility index (Phi) is 7.08. The van der Waals surface area contributed by atoms with E-state index in [9.17, 15) is 6.14 Å². The van der Waals surface area contributed by atoms with Crippen molar-refractivity contribution >= 4 is 42.4 Å². The Morgan fingerprint density at radius 3 is 1.35 bits per heavy atom. The summed E-state index contributed by atoms with van der Waals surface area (Å²) in [5.41, 5.74) is 4.71. The van der Waals surface area contributed by atoms with Crippen molar-refractivity contribution in [3.63, 3.8) is 0 Å². The van der Waals surface area contributed by atoms with Gasteiger partial charge in [0.15, 0.2) is 0 Å². The van der Waals surface area contributed by atoms with Gasteiger partial charge in [0.1, 0.15) is 0 Å². The number of benzene rings is 2. The highest BCUT2D eigenvalue weighted by atomic mass is 127. The highest BCUT2D eigenvalue weighted by Crippen LogP contribution is 2.19. The van der Waals surface area contributed by atoms with Gasteiger partial charge in [0, 0.05) is 3.57 Å². The molecule has 108 valence electrons. The molecule has 0 saturated heterocycles. The van der Waals surface area contributed by atoms with E-state index in [1.807, 2.05) is 19.9 Å². The molecule has 2 aromatic rings. The lowest BCUT2D eigenvalue weighted by atomic mass is 10.2. The molecule has 0 unspecified atom stereocenters. The number of halogens is 2. The molecular weight excluding hydrogens is 478 g/mol. The lowest BCUT2D eigenvalue weighted by Gasteiger charge is -1.95. The van der Waals surface area contributed by atoms with E-state index in [1.54, 1.807) is 12.1 Å². The maximum Gasteiger partial charge on any atom is 0.340 e. The van der Waals surface area contributed by atoms with Crippen molar-refractivity contribution < 1.29 is 6.14 Å². The lowest BCUT2D eigenvalue weighted by Crippen LogP contribution is -1.79. The lowest BCUT2D eigenvalue weighted by molar-refractivity contribution is 0.610. The average Bonchev–Trinajstić information content (AvgIpc) is 2.26. The molecule has 2 nitrogen and oxygen atoms in total. The maximum absolute atomic E-state index is 10.6. The molecule has 0 aliphatic rings. The number of hydrogen-bond donors (Lipinski definition) is 0. The minimum absolute atomic E-state index is 0.492. The average molecular weight is 496 g/mol. The molecule has 0 spiro atoms. The van der Waals surface area contributed by atoms with Gasteiger partial charge >= 0.3 is 19.8 Å². The van der Waals surface area contributed by atoms with Crippen molar-refractivity contribution in [2.75, 3.05) is 0 Å². The predicted octanol–water partition coefficient (Wildman–Crippen LogP) is 5.58. The molecule has 0 aliphatic heterocycles. The molecule has 0 bridgehead atoms. The summed E-state index contributed by atoms with van der Waals surface area (Å²) >= 11 is -0.912. The third-order valence-corrected chi connectivity index (χ3v) is 4.81. The van der Waals surface area contributed by atoms with Gasteiger partial charge in [-0.1, -0.05) is 12.1 Å². The monoisotopic (exact) mass is 496 g/mol. The van der Waals surface area contributed by atoms with Crippen LogP contribution in [-0.2, 0) is 6.14 Å². The third kappa shape index (κ3) is 6.30. The van der Waals surface area contributed by atoms with Gasteiger partial charge in [-0.05, 0) is 96.8 Å². The van der Waals surface area contributed by atoms with Crippen LogP contribution in [0.3, 0.4) is 0 Å². The summed E-state index contributed by atoms with van der Waals surface area (Å²) in [6, 6.07) is 11.9. The minimum Gasteiger partial charge on any atom is -0.230 e. The van der Waals surface area contributed by atoms with E-state index in [0.29, 0.717) is 3.57 Å². The number of hydrogen-bond acceptors (Lipinski definition) is 2. The van der Waals surface area contributed by atoms with Gasteiger partial charge in [0.05, 0.1) is 3.57 Å². The van der Waals surface area contributed by atoms with Crippen LogP contribution in [0.1, 0.15) is 22.3 Å². The molecule has 0 saturated carbocycles. The zero-order chi connectivity index (χ0) is 15.3. The number of aryl methyl sites for hydroxylation is 4. The normalized spacial score (nSPS) is 10.1. The molecule has 4 heteroatoms. The Labute approximate surface area is 141 Å². The molecule has 2 rings (SSSR count). The summed E-state index contributed by atoms with van der Waals surface area (Å²) in [7, 11) is 0. The van der Waals surface area contributed by atoms with Crippen molar-refractivity contribution in [1.29, 1.82) is 0 Å². The van der Waals surface area contributed by atoms with E-state index in [-0.39, 0.29) is 0 Å². The summed E-state index contributed by atoms with van der Waals surface area (Å²) in [5.74, 6) is 0. The van der Waals surface area contributed by atoms with Gasteiger partial charge in [0.2, 0.25) is 0 Å². The smallest absolute Gasteiger partial charge is 0.230 e. The maximum atomic E-state index is 10.6. The first kappa shape index (κ1) is 17.6. The van der Waals surface area contributed by atoms with Crippen molar-refractivity contribution in [1.82, 2.24) is 0 Å². The molecule has 0 radical (unpaired) electrons. The Hall–Kier alpha value is -0.500. The molecule has 0 amide bonds. The van der Waals surface area contributed by atoms with Crippen LogP contribution in [0.4, 0.5) is 0 Å². The van der Waals surface area contributed by atoms with Crippen LogP contribution in [0.25, 0.3) is 0 Å². The van der Waals surface area contributed by atoms with E-state index >= 15 is 0 Å². The van der Waals surface area contributed by atoms with Gasteiger partial charge in [-0.15, -0.1) is 0 Å². The Morgan fingerprint density at radius 2 is 1.05 bits per heavy atom. The highest BCUT2D eigenvalue weighted by Gasteiger charge is 1.99. The van der Waals surface area contributed by atoms with Crippen LogP contribution in [-0.4, -0.2) is 0 Å². The Bertz CT molecular complexity index is 595. The van der Waals surface area contributed by atoms with Crippen molar-refractivity contribution in [3.8, 4) is 0 Å². The van der Waals surface area contributed by atoms with Crippen molar-refractivity contribution in [3.05, 3.63) is 65.8 Å². The summed E-state index contributed by atoms with van der Waals surface area (Å²) in [5, 5.41) is 0. The summed E-state index contributed by atoms with van der Waals surface area (Å²) in [6.45, 7) is 8.04. The Balaban J connectivity index is 0.000000204. The zero-order valence-electron chi connectivity index (χ0n) is 12.0. The van der Waals surface area contributed by atoms with Gasteiger partial charge in [0.25, 0.3) is 0 Å². The third-order valence-electron chi connectivity index (χ3n) is 2.55. The van der Waals surface area contributed by atoms with Crippen LogP contribution >= 0.6 is 42.4 Å². The van der Waals surface area contributed by atoms with Crippen LogP contribution in [0, 0.1) is 34.8 Å². The first-order valence-electron chi connectivity index (χ1n) is 6.15. The van der Waals surface area contributed by atoms with E-state index in [0.717, 1.165) is 11.1 Å². The predicted molar refractivity (Wildman–Crippen MR) is 98.6 cm³/mol. The molecule has 0 fully saturated rings. The summed E-state index contributed by atoms with van der Waals surface area (Å²) in [4.78, 5) is 0. The SMILES string of the molecule is Cc1cc(C)cc(I(=O)=O)c1.Cc1cc(C)cc(I)c1. The van der Waals surface area contributed by atoms with Gasteiger partial charge in [-0.2, -0.15) is 0 Å². The van der Waals surface area contributed by atoms with Gasteiger partial charge in [-0.3, -0.25) is 0 Å². The van der Waals surface area contributed by atoms with Crippen LogP contribution in [0.2, 0.25) is 0 Å².